The smallest absolute Gasteiger partial charge is 0.253 e. The van der Waals surface area contributed by atoms with Gasteiger partial charge in [0.1, 0.15) is 0 Å². The molecule has 1 fully saturated rings. The summed E-state index contributed by atoms with van der Waals surface area (Å²) in [4.78, 5) is 23.5. The molecule has 6 nitrogen and oxygen atoms in total. The molecule has 29 heavy (non-hydrogen) atoms. The molecule has 1 amide bonds. The number of piperidine rings is 1. The summed E-state index contributed by atoms with van der Waals surface area (Å²) in [6.07, 6.45) is 6.11. The van der Waals surface area contributed by atoms with Crippen LogP contribution in [0.4, 0.5) is 0 Å². The molecular formula is C23H31N5O. The highest BCUT2D eigenvalue weighted by molar-refractivity contribution is 5.94. The molecule has 1 aliphatic rings. The van der Waals surface area contributed by atoms with Crippen molar-refractivity contribution < 1.29 is 4.79 Å². The first kappa shape index (κ1) is 20.8. The minimum absolute atomic E-state index is 0.143. The number of nitrogens with zero attached hydrogens (tertiary/aromatic N) is 3. The lowest BCUT2D eigenvalue weighted by Gasteiger charge is -2.26. The number of nitrogens with one attached hydrogen (secondary N) is 2. The highest BCUT2D eigenvalue weighted by Crippen LogP contribution is 2.14. The summed E-state index contributed by atoms with van der Waals surface area (Å²) in [5, 5.41) is 6.62. The van der Waals surface area contributed by atoms with Crippen LogP contribution in [0.3, 0.4) is 0 Å². The van der Waals surface area contributed by atoms with E-state index in [9.17, 15) is 4.79 Å². The second kappa shape index (κ2) is 11.2. The Morgan fingerprint density at radius 3 is 2.55 bits per heavy atom. The summed E-state index contributed by atoms with van der Waals surface area (Å²) in [6, 6.07) is 13.8. The number of carbonyl (C=O) groups excluding carboxylic acids is 1. The highest BCUT2D eigenvalue weighted by Gasteiger charge is 2.17. The van der Waals surface area contributed by atoms with E-state index >= 15 is 0 Å². The Morgan fingerprint density at radius 1 is 1.07 bits per heavy atom. The average Bonchev–Trinajstić information content (AvgIpc) is 2.78. The predicted octanol–water partition coefficient (Wildman–Crippen LogP) is 3.01. The van der Waals surface area contributed by atoms with Crippen molar-refractivity contribution in [2.75, 3.05) is 26.2 Å². The summed E-state index contributed by atoms with van der Waals surface area (Å²) < 4.78 is 0. The monoisotopic (exact) mass is 393 g/mol. The average molecular weight is 394 g/mol. The number of carbonyl (C=O) groups is 1. The molecule has 0 aliphatic carbocycles. The van der Waals surface area contributed by atoms with E-state index < -0.39 is 0 Å². The van der Waals surface area contributed by atoms with Gasteiger partial charge in [0, 0.05) is 50.1 Å². The van der Waals surface area contributed by atoms with Crippen LogP contribution >= 0.6 is 0 Å². The van der Waals surface area contributed by atoms with Crippen LogP contribution in [0.15, 0.2) is 53.7 Å². The van der Waals surface area contributed by atoms with Gasteiger partial charge in [-0.2, -0.15) is 0 Å². The van der Waals surface area contributed by atoms with Gasteiger partial charge in [0.2, 0.25) is 0 Å². The number of aliphatic imine (C=N–C) groups is 1. The molecule has 0 atom stereocenters. The number of likely N-dealkylation sites (tertiary alicyclic amines) is 1. The van der Waals surface area contributed by atoms with Crippen molar-refractivity contribution in [2.24, 2.45) is 4.99 Å². The van der Waals surface area contributed by atoms with Gasteiger partial charge in [0.15, 0.2) is 5.96 Å². The number of hydrogen-bond donors (Lipinski definition) is 2. The Hall–Kier alpha value is -2.89. The van der Waals surface area contributed by atoms with Gasteiger partial charge < -0.3 is 15.5 Å². The Balaban J connectivity index is 1.52. The fourth-order valence-electron chi connectivity index (χ4n) is 3.40. The maximum absolute atomic E-state index is 12.6. The largest absolute Gasteiger partial charge is 0.357 e. The van der Waals surface area contributed by atoms with E-state index in [2.05, 4.69) is 27.5 Å². The fraction of sp³-hybridized carbons (Fsp3) is 0.435. The number of hydrogen-bond acceptors (Lipinski definition) is 3. The van der Waals surface area contributed by atoms with Gasteiger partial charge in [-0.1, -0.05) is 18.2 Å². The van der Waals surface area contributed by atoms with Crippen LogP contribution in [0.2, 0.25) is 0 Å². The van der Waals surface area contributed by atoms with Crippen LogP contribution in [0, 0.1) is 0 Å². The van der Waals surface area contributed by atoms with E-state index in [0.717, 1.165) is 68.2 Å². The van der Waals surface area contributed by atoms with Gasteiger partial charge in [-0.15, -0.1) is 0 Å². The number of rotatable bonds is 7. The van der Waals surface area contributed by atoms with Crippen LogP contribution in [0.1, 0.15) is 47.8 Å². The van der Waals surface area contributed by atoms with E-state index in [4.69, 9.17) is 0 Å². The molecule has 2 aromatic rings. The lowest BCUT2D eigenvalue weighted by molar-refractivity contribution is 0.0724. The molecule has 2 heterocycles. The topological polar surface area (TPSA) is 69.6 Å². The molecule has 154 valence electrons. The summed E-state index contributed by atoms with van der Waals surface area (Å²) in [5.41, 5.74) is 2.91. The number of pyridine rings is 1. The summed E-state index contributed by atoms with van der Waals surface area (Å²) >= 11 is 0. The van der Waals surface area contributed by atoms with Crippen LogP contribution in [0.25, 0.3) is 0 Å². The van der Waals surface area contributed by atoms with E-state index in [0.29, 0.717) is 6.54 Å². The zero-order valence-corrected chi connectivity index (χ0v) is 17.2. The van der Waals surface area contributed by atoms with Gasteiger partial charge in [0.25, 0.3) is 5.91 Å². The van der Waals surface area contributed by atoms with Crippen LogP contribution in [-0.4, -0.2) is 47.9 Å². The molecule has 1 saturated heterocycles. The third kappa shape index (κ3) is 6.59. The Morgan fingerprint density at radius 2 is 1.86 bits per heavy atom. The maximum atomic E-state index is 12.6. The second-order valence-corrected chi connectivity index (χ2v) is 7.24. The van der Waals surface area contributed by atoms with Crippen molar-refractivity contribution >= 4 is 11.9 Å². The molecule has 0 bridgehead atoms. The van der Waals surface area contributed by atoms with Crippen LogP contribution in [0.5, 0.6) is 0 Å². The van der Waals surface area contributed by atoms with E-state index in [1.807, 2.05) is 53.6 Å². The highest BCUT2D eigenvalue weighted by atomic mass is 16.2. The Labute approximate surface area is 173 Å². The van der Waals surface area contributed by atoms with Gasteiger partial charge in [0.05, 0.1) is 6.54 Å². The standard InChI is InChI=1S/C23H31N5O/c1-2-24-23(26-15-13-21-8-4-5-14-25-21)27-18-19-9-11-20(12-10-19)22(29)28-16-6-3-7-17-28/h4-5,8-12,14H,2-3,6-7,13,15-18H2,1H3,(H2,24,26,27). The minimum atomic E-state index is 0.143. The molecule has 0 radical (unpaired) electrons. The van der Waals surface area contributed by atoms with Crippen LogP contribution in [-0.2, 0) is 13.0 Å². The van der Waals surface area contributed by atoms with Gasteiger partial charge in [-0.05, 0) is 56.0 Å². The normalized spacial score (nSPS) is 14.5. The van der Waals surface area contributed by atoms with E-state index in [1.165, 1.54) is 6.42 Å². The van der Waals surface area contributed by atoms with Crippen molar-refractivity contribution in [1.82, 2.24) is 20.5 Å². The fourth-order valence-corrected chi connectivity index (χ4v) is 3.40. The molecule has 2 N–H and O–H groups in total. The van der Waals surface area contributed by atoms with Crippen molar-refractivity contribution in [3.05, 3.63) is 65.5 Å². The lowest BCUT2D eigenvalue weighted by Crippen LogP contribution is -2.38. The lowest BCUT2D eigenvalue weighted by atomic mass is 10.1. The Bertz CT molecular complexity index is 783. The van der Waals surface area contributed by atoms with E-state index in [1.54, 1.807) is 0 Å². The predicted molar refractivity (Wildman–Crippen MR) is 117 cm³/mol. The van der Waals surface area contributed by atoms with Gasteiger partial charge in [-0.3, -0.25) is 9.78 Å². The molecule has 3 rings (SSSR count). The number of guanidine groups is 1. The van der Waals surface area contributed by atoms with Crippen molar-refractivity contribution in [3.8, 4) is 0 Å². The molecular weight excluding hydrogens is 362 g/mol. The number of amides is 1. The molecule has 1 aromatic carbocycles. The third-order valence-corrected chi connectivity index (χ3v) is 5.01. The zero-order valence-electron chi connectivity index (χ0n) is 17.2. The van der Waals surface area contributed by atoms with Crippen molar-refractivity contribution in [2.45, 2.75) is 39.2 Å². The van der Waals surface area contributed by atoms with Gasteiger partial charge >= 0.3 is 0 Å². The molecule has 1 aliphatic heterocycles. The van der Waals surface area contributed by atoms with Gasteiger partial charge in [-0.25, -0.2) is 4.99 Å². The Kier molecular flexibility index (Phi) is 8.04. The first-order valence-corrected chi connectivity index (χ1v) is 10.6. The quantitative estimate of drug-likeness (QED) is 0.560. The SMILES string of the molecule is CCNC(=NCc1ccc(C(=O)N2CCCCC2)cc1)NCCc1ccccn1. The number of benzene rings is 1. The summed E-state index contributed by atoms with van der Waals surface area (Å²) in [6.45, 7) is 5.95. The summed E-state index contributed by atoms with van der Waals surface area (Å²) in [7, 11) is 0. The second-order valence-electron chi connectivity index (χ2n) is 7.24. The third-order valence-electron chi connectivity index (χ3n) is 5.01. The molecule has 6 heteroatoms. The minimum Gasteiger partial charge on any atom is -0.357 e. The van der Waals surface area contributed by atoms with Crippen molar-refractivity contribution in [3.63, 3.8) is 0 Å². The molecule has 0 unspecified atom stereocenters. The van der Waals surface area contributed by atoms with Crippen LogP contribution < -0.4 is 10.6 Å². The molecule has 1 aromatic heterocycles. The number of aromatic nitrogens is 1. The molecule has 0 saturated carbocycles. The van der Waals surface area contributed by atoms with E-state index in [-0.39, 0.29) is 5.91 Å². The maximum Gasteiger partial charge on any atom is 0.253 e. The summed E-state index contributed by atoms with van der Waals surface area (Å²) in [5.74, 6) is 0.932. The first-order chi connectivity index (χ1) is 14.3. The van der Waals surface area contributed by atoms with Crippen molar-refractivity contribution in [1.29, 1.82) is 0 Å². The molecule has 0 spiro atoms. The zero-order chi connectivity index (χ0) is 20.3. The first-order valence-electron chi connectivity index (χ1n) is 10.6.